The highest BCUT2D eigenvalue weighted by atomic mass is 35.5. The van der Waals surface area contributed by atoms with Gasteiger partial charge in [0.05, 0.1) is 16.4 Å². The normalized spacial score (nSPS) is 10.4. The summed E-state index contributed by atoms with van der Waals surface area (Å²) in [5, 5.41) is 9.73. The summed E-state index contributed by atoms with van der Waals surface area (Å²) in [5.74, 6) is -0.166. The van der Waals surface area contributed by atoms with Gasteiger partial charge in [-0.3, -0.25) is 4.79 Å². The third-order valence-corrected chi connectivity index (χ3v) is 3.99. The Balaban J connectivity index is 2.18. The number of aromatic hydroxyl groups is 1. The molecule has 1 N–H and O–H groups in total. The maximum absolute atomic E-state index is 12.3. The SMILES string of the molecule is CCN(Cc1ccc(Cl)s1)C(=O)c1ccccc1O. The molecule has 0 fully saturated rings. The zero-order valence-electron chi connectivity index (χ0n) is 10.5. The van der Waals surface area contributed by atoms with E-state index in [0.29, 0.717) is 23.0 Å². The van der Waals surface area contributed by atoms with E-state index in [2.05, 4.69) is 0 Å². The second kappa shape index (κ2) is 6.08. The van der Waals surface area contributed by atoms with Crippen molar-refractivity contribution in [1.82, 2.24) is 4.90 Å². The number of hydrogen-bond donors (Lipinski definition) is 1. The minimum absolute atomic E-state index is 0.00941. The lowest BCUT2D eigenvalue weighted by Crippen LogP contribution is -2.30. The molecule has 0 saturated heterocycles. The van der Waals surface area contributed by atoms with Gasteiger partial charge in [-0.25, -0.2) is 0 Å². The van der Waals surface area contributed by atoms with E-state index in [4.69, 9.17) is 11.6 Å². The van der Waals surface area contributed by atoms with Gasteiger partial charge in [-0.2, -0.15) is 0 Å². The van der Waals surface area contributed by atoms with Crippen molar-refractivity contribution in [3.63, 3.8) is 0 Å². The number of hydrogen-bond acceptors (Lipinski definition) is 3. The van der Waals surface area contributed by atoms with Crippen LogP contribution < -0.4 is 0 Å². The van der Waals surface area contributed by atoms with E-state index in [1.165, 1.54) is 17.4 Å². The fourth-order valence-electron chi connectivity index (χ4n) is 1.78. The van der Waals surface area contributed by atoms with Crippen LogP contribution >= 0.6 is 22.9 Å². The number of benzene rings is 1. The quantitative estimate of drug-likeness (QED) is 0.933. The summed E-state index contributed by atoms with van der Waals surface area (Å²) >= 11 is 7.34. The molecule has 0 radical (unpaired) electrons. The summed E-state index contributed by atoms with van der Waals surface area (Å²) in [6, 6.07) is 10.3. The summed E-state index contributed by atoms with van der Waals surface area (Å²) in [7, 11) is 0. The van der Waals surface area contributed by atoms with Crippen molar-refractivity contribution in [2.75, 3.05) is 6.54 Å². The van der Waals surface area contributed by atoms with E-state index < -0.39 is 0 Å². The maximum Gasteiger partial charge on any atom is 0.257 e. The van der Waals surface area contributed by atoms with Gasteiger partial charge in [-0.05, 0) is 31.2 Å². The van der Waals surface area contributed by atoms with E-state index in [0.717, 1.165) is 4.88 Å². The highest BCUT2D eigenvalue weighted by Crippen LogP contribution is 2.24. The molecule has 0 saturated carbocycles. The lowest BCUT2D eigenvalue weighted by atomic mass is 10.1. The Morgan fingerprint density at radius 3 is 2.63 bits per heavy atom. The number of carbonyl (C=O) groups is 1. The number of carbonyl (C=O) groups excluding carboxylic acids is 1. The Bertz CT molecular complexity index is 582. The number of rotatable bonds is 4. The minimum atomic E-state index is -0.176. The molecule has 1 amide bonds. The van der Waals surface area contributed by atoms with Gasteiger partial charge in [0, 0.05) is 11.4 Å². The van der Waals surface area contributed by atoms with E-state index in [9.17, 15) is 9.90 Å². The summed E-state index contributed by atoms with van der Waals surface area (Å²) in [6.45, 7) is 2.98. The fourth-order valence-corrected chi connectivity index (χ4v) is 2.88. The predicted octanol–water partition coefficient (Wildman–Crippen LogP) is 3.77. The van der Waals surface area contributed by atoms with E-state index >= 15 is 0 Å². The van der Waals surface area contributed by atoms with E-state index in [-0.39, 0.29) is 11.7 Å². The van der Waals surface area contributed by atoms with Gasteiger partial charge in [0.2, 0.25) is 0 Å². The van der Waals surface area contributed by atoms with Crippen LogP contribution in [0.1, 0.15) is 22.2 Å². The van der Waals surface area contributed by atoms with Gasteiger partial charge in [-0.1, -0.05) is 23.7 Å². The van der Waals surface area contributed by atoms with Gasteiger partial charge >= 0.3 is 0 Å². The largest absolute Gasteiger partial charge is 0.507 e. The molecule has 0 spiro atoms. The van der Waals surface area contributed by atoms with Gasteiger partial charge in [-0.15, -0.1) is 11.3 Å². The lowest BCUT2D eigenvalue weighted by Gasteiger charge is -2.20. The van der Waals surface area contributed by atoms with E-state index in [1.807, 2.05) is 19.1 Å². The molecule has 19 heavy (non-hydrogen) atoms. The van der Waals surface area contributed by atoms with Gasteiger partial charge in [0.15, 0.2) is 0 Å². The summed E-state index contributed by atoms with van der Waals surface area (Å²) in [4.78, 5) is 15.0. The van der Waals surface area contributed by atoms with Crippen LogP contribution in [-0.4, -0.2) is 22.5 Å². The lowest BCUT2D eigenvalue weighted by molar-refractivity contribution is 0.0751. The molecule has 0 aliphatic carbocycles. The number of amides is 1. The Kier molecular flexibility index (Phi) is 4.45. The van der Waals surface area contributed by atoms with Crippen LogP contribution in [0, 0.1) is 0 Å². The molecule has 0 aliphatic heterocycles. The first kappa shape index (κ1) is 13.9. The van der Waals surface area contributed by atoms with Gasteiger partial charge < -0.3 is 10.0 Å². The number of phenols is 1. The first-order chi connectivity index (χ1) is 9.11. The Labute approximate surface area is 121 Å². The van der Waals surface area contributed by atoms with Crippen molar-refractivity contribution >= 4 is 28.8 Å². The van der Waals surface area contributed by atoms with Crippen molar-refractivity contribution in [1.29, 1.82) is 0 Å². The van der Waals surface area contributed by atoms with Crippen LogP contribution in [0.5, 0.6) is 5.75 Å². The summed E-state index contributed by atoms with van der Waals surface area (Å²) < 4.78 is 0.709. The van der Waals surface area contributed by atoms with Gasteiger partial charge in [0.25, 0.3) is 5.91 Å². The molecule has 100 valence electrons. The number of nitrogens with zero attached hydrogens (tertiary/aromatic N) is 1. The molecule has 0 unspecified atom stereocenters. The third kappa shape index (κ3) is 3.28. The minimum Gasteiger partial charge on any atom is -0.507 e. The molecular formula is C14H14ClNO2S. The van der Waals surface area contributed by atoms with Crippen molar-refractivity contribution in [2.24, 2.45) is 0 Å². The van der Waals surface area contributed by atoms with Crippen LogP contribution in [0.3, 0.4) is 0 Å². The standard InChI is InChI=1S/C14H14ClNO2S/c1-2-16(9-10-7-8-13(15)19-10)14(18)11-5-3-4-6-12(11)17/h3-8,17H,2,9H2,1H3. The van der Waals surface area contributed by atoms with E-state index in [1.54, 1.807) is 23.1 Å². The Morgan fingerprint density at radius 1 is 1.32 bits per heavy atom. The fraction of sp³-hybridized carbons (Fsp3) is 0.214. The summed E-state index contributed by atoms with van der Waals surface area (Å²) in [6.07, 6.45) is 0. The highest BCUT2D eigenvalue weighted by molar-refractivity contribution is 7.16. The molecule has 3 nitrogen and oxygen atoms in total. The summed E-state index contributed by atoms with van der Waals surface area (Å²) in [5.41, 5.74) is 0.326. The molecule has 2 rings (SSSR count). The molecular weight excluding hydrogens is 282 g/mol. The number of thiophene rings is 1. The molecule has 2 aromatic rings. The highest BCUT2D eigenvalue weighted by Gasteiger charge is 2.18. The number of halogens is 1. The zero-order valence-corrected chi connectivity index (χ0v) is 12.0. The van der Waals surface area contributed by atoms with Gasteiger partial charge in [0.1, 0.15) is 5.75 Å². The number of phenolic OH excluding ortho intramolecular Hbond substituents is 1. The Morgan fingerprint density at radius 2 is 2.05 bits per heavy atom. The topological polar surface area (TPSA) is 40.5 Å². The first-order valence-corrected chi connectivity index (χ1v) is 7.12. The molecule has 1 aromatic heterocycles. The molecule has 0 atom stereocenters. The molecule has 1 aromatic carbocycles. The van der Waals surface area contributed by atoms with Crippen LogP contribution in [0.15, 0.2) is 36.4 Å². The average Bonchev–Trinajstić information content (AvgIpc) is 2.81. The second-order valence-electron chi connectivity index (χ2n) is 4.04. The molecule has 5 heteroatoms. The smallest absolute Gasteiger partial charge is 0.257 e. The molecule has 0 bridgehead atoms. The van der Waals surface area contributed by atoms with Crippen molar-refractivity contribution in [2.45, 2.75) is 13.5 Å². The zero-order chi connectivity index (χ0) is 13.8. The predicted molar refractivity (Wildman–Crippen MR) is 77.9 cm³/mol. The monoisotopic (exact) mass is 295 g/mol. The van der Waals surface area contributed by atoms with Crippen LogP contribution in [0.2, 0.25) is 4.34 Å². The maximum atomic E-state index is 12.3. The van der Waals surface area contributed by atoms with Crippen molar-refractivity contribution in [3.8, 4) is 5.75 Å². The Hall–Kier alpha value is -1.52. The third-order valence-electron chi connectivity index (χ3n) is 2.78. The first-order valence-electron chi connectivity index (χ1n) is 5.93. The average molecular weight is 296 g/mol. The van der Waals surface area contributed by atoms with Crippen molar-refractivity contribution in [3.05, 3.63) is 51.2 Å². The van der Waals surface area contributed by atoms with Crippen LogP contribution in [0.25, 0.3) is 0 Å². The molecule has 1 heterocycles. The second-order valence-corrected chi connectivity index (χ2v) is 5.84. The van der Waals surface area contributed by atoms with Crippen molar-refractivity contribution < 1.29 is 9.90 Å². The molecule has 0 aliphatic rings. The van der Waals surface area contributed by atoms with Crippen LogP contribution in [-0.2, 0) is 6.54 Å². The van der Waals surface area contributed by atoms with Crippen LogP contribution in [0.4, 0.5) is 0 Å². The number of para-hydroxylation sites is 1.